The molecule has 1 aromatic carbocycles. The molecular weight excluding hydrogens is 328 g/mol. The summed E-state index contributed by atoms with van der Waals surface area (Å²) in [6, 6.07) is 6.27. The topological polar surface area (TPSA) is 89.7 Å². The second-order valence-electron chi connectivity index (χ2n) is 7.26. The maximum atomic E-state index is 12.5. The van der Waals surface area contributed by atoms with E-state index in [4.69, 9.17) is 10.5 Å². The Morgan fingerprint density at radius 1 is 1.21 bits per heavy atom. The Kier molecular flexibility index (Phi) is 5.42. The number of piperidine rings is 1. The van der Waals surface area contributed by atoms with E-state index in [0.29, 0.717) is 36.5 Å². The zero-order valence-corrected chi connectivity index (χ0v) is 15.3. The van der Waals surface area contributed by atoms with Crippen LogP contribution in [0.4, 0.5) is 10.5 Å². The van der Waals surface area contributed by atoms with Crippen LogP contribution in [0, 0.1) is 5.92 Å². The molecule has 0 aromatic heterocycles. The molecule has 1 aliphatic heterocycles. The van der Waals surface area contributed by atoms with Gasteiger partial charge in [0.1, 0.15) is 5.60 Å². The van der Waals surface area contributed by atoms with Gasteiger partial charge in [0.2, 0.25) is 0 Å². The molecule has 1 fully saturated rings. The standard InChI is InChI=1S/C17H26N2O4S/c1-17(2,3)23-16(20)19-10-8-13(9-11-19)12-24(21,22)15-6-4-14(18)5-7-15/h4-7,13H,8-12,18H2,1-3H3. The smallest absolute Gasteiger partial charge is 0.410 e. The Morgan fingerprint density at radius 2 is 1.75 bits per heavy atom. The maximum Gasteiger partial charge on any atom is 0.410 e. The summed E-state index contributed by atoms with van der Waals surface area (Å²) in [5.41, 5.74) is 5.62. The van der Waals surface area contributed by atoms with Crippen LogP contribution in [0.15, 0.2) is 29.2 Å². The highest BCUT2D eigenvalue weighted by Crippen LogP contribution is 2.24. The summed E-state index contributed by atoms with van der Waals surface area (Å²) in [6.45, 7) is 6.54. The van der Waals surface area contributed by atoms with Gasteiger partial charge in [0.15, 0.2) is 9.84 Å². The molecule has 0 atom stereocenters. The molecule has 0 aliphatic carbocycles. The summed E-state index contributed by atoms with van der Waals surface area (Å²) in [7, 11) is -3.33. The van der Waals surface area contributed by atoms with Crippen LogP contribution in [-0.2, 0) is 14.6 Å². The molecule has 134 valence electrons. The minimum atomic E-state index is -3.33. The average Bonchev–Trinajstić information content (AvgIpc) is 2.46. The molecule has 1 heterocycles. The fourth-order valence-electron chi connectivity index (χ4n) is 2.69. The third-order valence-corrected chi connectivity index (χ3v) is 5.86. The van der Waals surface area contributed by atoms with Crippen molar-refractivity contribution in [3.8, 4) is 0 Å². The number of nitrogens with two attached hydrogens (primary N) is 1. The van der Waals surface area contributed by atoms with E-state index in [9.17, 15) is 13.2 Å². The van der Waals surface area contributed by atoms with Gasteiger partial charge in [-0.1, -0.05) is 0 Å². The van der Waals surface area contributed by atoms with E-state index in [1.807, 2.05) is 20.8 Å². The molecule has 1 saturated heterocycles. The van der Waals surface area contributed by atoms with E-state index in [1.54, 1.807) is 29.2 Å². The normalized spacial score (nSPS) is 16.9. The number of hydrogen-bond donors (Lipinski definition) is 1. The van der Waals surface area contributed by atoms with Gasteiger partial charge in [-0.2, -0.15) is 0 Å². The molecule has 0 saturated carbocycles. The van der Waals surface area contributed by atoms with Gasteiger partial charge in [-0.15, -0.1) is 0 Å². The highest BCUT2D eigenvalue weighted by atomic mass is 32.2. The van der Waals surface area contributed by atoms with Crippen molar-refractivity contribution in [3.05, 3.63) is 24.3 Å². The minimum absolute atomic E-state index is 0.0474. The highest BCUT2D eigenvalue weighted by Gasteiger charge is 2.29. The molecule has 1 aromatic rings. The van der Waals surface area contributed by atoms with Crippen molar-refractivity contribution in [1.29, 1.82) is 0 Å². The van der Waals surface area contributed by atoms with Gasteiger partial charge in [-0.25, -0.2) is 13.2 Å². The van der Waals surface area contributed by atoms with Crippen LogP contribution < -0.4 is 5.73 Å². The number of nitrogens with zero attached hydrogens (tertiary/aromatic N) is 1. The lowest BCUT2D eigenvalue weighted by Crippen LogP contribution is -2.42. The summed E-state index contributed by atoms with van der Waals surface area (Å²) >= 11 is 0. The zero-order valence-electron chi connectivity index (χ0n) is 14.5. The van der Waals surface area contributed by atoms with E-state index in [2.05, 4.69) is 0 Å². The Labute approximate surface area is 143 Å². The first-order chi connectivity index (χ1) is 11.1. The molecule has 2 N–H and O–H groups in total. The number of sulfone groups is 1. The molecule has 7 heteroatoms. The molecule has 2 rings (SSSR count). The zero-order chi connectivity index (χ0) is 18.0. The van der Waals surface area contributed by atoms with E-state index >= 15 is 0 Å². The van der Waals surface area contributed by atoms with Crippen molar-refractivity contribution in [2.45, 2.75) is 44.1 Å². The van der Waals surface area contributed by atoms with Crippen LogP contribution in [0.5, 0.6) is 0 Å². The van der Waals surface area contributed by atoms with E-state index in [0.717, 1.165) is 0 Å². The van der Waals surface area contributed by atoms with Crippen molar-refractivity contribution < 1.29 is 17.9 Å². The monoisotopic (exact) mass is 354 g/mol. The Hall–Kier alpha value is -1.76. The van der Waals surface area contributed by atoms with Crippen molar-refractivity contribution >= 4 is 21.6 Å². The van der Waals surface area contributed by atoms with E-state index in [1.165, 1.54) is 0 Å². The minimum Gasteiger partial charge on any atom is -0.444 e. The number of benzene rings is 1. The number of hydrogen-bond acceptors (Lipinski definition) is 5. The van der Waals surface area contributed by atoms with E-state index in [-0.39, 0.29) is 17.8 Å². The third-order valence-electron chi connectivity index (χ3n) is 3.96. The lowest BCUT2D eigenvalue weighted by Gasteiger charge is -2.33. The fourth-order valence-corrected chi connectivity index (χ4v) is 4.39. The lowest BCUT2D eigenvalue weighted by atomic mass is 9.99. The van der Waals surface area contributed by atoms with Gasteiger partial charge in [-0.05, 0) is 63.8 Å². The van der Waals surface area contributed by atoms with Crippen molar-refractivity contribution in [2.24, 2.45) is 5.92 Å². The van der Waals surface area contributed by atoms with Gasteiger partial charge in [-0.3, -0.25) is 0 Å². The Balaban J connectivity index is 1.91. The predicted molar refractivity (Wildman–Crippen MR) is 93.4 cm³/mol. The number of likely N-dealkylation sites (tertiary alicyclic amines) is 1. The predicted octanol–water partition coefficient (Wildman–Crippen LogP) is 2.69. The van der Waals surface area contributed by atoms with Gasteiger partial charge < -0.3 is 15.4 Å². The molecule has 0 bridgehead atoms. The van der Waals surface area contributed by atoms with Crippen LogP contribution in [0.25, 0.3) is 0 Å². The SMILES string of the molecule is CC(C)(C)OC(=O)N1CCC(CS(=O)(=O)c2ccc(N)cc2)CC1. The molecule has 1 amide bonds. The van der Waals surface area contributed by atoms with Crippen molar-refractivity contribution in [3.63, 3.8) is 0 Å². The molecular formula is C17H26N2O4S. The van der Waals surface area contributed by atoms with Crippen LogP contribution >= 0.6 is 0 Å². The van der Waals surface area contributed by atoms with Gasteiger partial charge in [0.25, 0.3) is 0 Å². The number of ether oxygens (including phenoxy) is 1. The molecule has 0 spiro atoms. The van der Waals surface area contributed by atoms with Gasteiger partial charge in [0.05, 0.1) is 10.6 Å². The number of nitrogen functional groups attached to an aromatic ring is 1. The molecule has 24 heavy (non-hydrogen) atoms. The second kappa shape index (κ2) is 7.01. The summed E-state index contributed by atoms with van der Waals surface area (Å²) in [4.78, 5) is 14.0. The largest absolute Gasteiger partial charge is 0.444 e. The summed E-state index contributed by atoms with van der Waals surface area (Å²) in [5.74, 6) is 0.144. The van der Waals surface area contributed by atoms with Crippen LogP contribution in [0.3, 0.4) is 0 Å². The lowest BCUT2D eigenvalue weighted by molar-refractivity contribution is 0.0191. The Bertz CT molecular complexity index is 670. The number of rotatable bonds is 3. The molecule has 0 radical (unpaired) electrons. The number of anilines is 1. The summed E-state index contributed by atoms with van der Waals surface area (Å²) in [6.07, 6.45) is 0.989. The summed E-state index contributed by atoms with van der Waals surface area (Å²) in [5, 5.41) is 0. The first-order valence-electron chi connectivity index (χ1n) is 8.13. The second-order valence-corrected chi connectivity index (χ2v) is 9.30. The first-order valence-corrected chi connectivity index (χ1v) is 9.78. The Morgan fingerprint density at radius 3 is 2.25 bits per heavy atom. The number of carbonyl (C=O) groups is 1. The summed E-state index contributed by atoms with van der Waals surface area (Å²) < 4.78 is 30.3. The quantitative estimate of drug-likeness (QED) is 0.843. The van der Waals surface area contributed by atoms with Crippen LogP contribution in [0.1, 0.15) is 33.6 Å². The van der Waals surface area contributed by atoms with Gasteiger partial charge >= 0.3 is 6.09 Å². The van der Waals surface area contributed by atoms with Gasteiger partial charge in [0, 0.05) is 18.8 Å². The van der Waals surface area contributed by atoms with E-state index < -0.39 is 15.4 Å². The number of carbonyl (C=O) groups excluding carboxylic acids is 1. The molecule has 1 aliphatic rings. The number of amides is 1. The fraction of sp³-hybridized carbons (Fsp3) is 0.588. The maximum absolute atomic E-state index is 12.5. The van der Waals surface area contributed by atoms with Crippen molar-refractivity contribution in [1.82, 2.24) is 4.90 Å². The van der Waals surface area contributed by atoms with Crippen LogP contribution in [0.2, 0.25) is 0 Å². The third kappa shape index (κ3) is 5.12. The highest BCUT2D eigenvalue weighted by molar-refractivity contribution is 7.91. The first kappa shape index (κ1) is 18.6. The average molecular weight is 354 g/mol. The van der Waals surface area contributed by atoms with Crippen LogP contribution in [-0.4, -0.2) is 43.9 Å². The molecule has 0 unspecified atom stereocenters. The molecule has 6 nitrogen and oxygen atoms in total. The van der Waals surface area contributed by atoms with Crippen molar-refractivity contribution in [2.75, 3.05) is 24.6 Å².